The van der Waals surface area contributed by atoms with Crippen LogP contribution >= 0.6 is 34.2 Å². The van der Waals surface area contributed by atoms with Crippen LogP contribution in [0.5, 0.6) is 11.5 Å². The number of ether oxygens (including phenoxy) is 2. The standard InChI is InChI=1S/C24H16ClIN2O4/c1-31-22-13-15(2-11-21(22)32-24(30)16-3-5-18(25)6-4-16)12-17(14-27)23(29)28-20-9-7-19(26)8-10-20/h2-13H,1H3,(H,28,29)/b17-12+. The van der Waals surface area contributed by atoms with Crippen LogP contribution in [0.3, 0.4) is 0 Å². The summed E-state index contributed by atoms with van der Waals surface area (Å²) in [6, 6.07) is 20.1. The van der Waals surface area contributed by atoms with Crippen molar-refractivity contribution in [3.05, 3.63) is 92.0 Å². The van der Waals surface area contributed by atoms with Crippen LogP contribution < -0.4 is 14.8 Å². The van der Waals surface area contributed by atoms with Crippen LogP contribution in [-0.4, -0.2) is 19.0 Å². The predicted molar refractivity (Wildman–Crippen MR) is 131 cm³/mol. The number of halogens is 2. The summed E-state index contributed by atoms with van der Waals surface area (Å²) in [4.78, 5) is 24.8. The molecule has 1 N–H and O–H groups in total. The average Bonchev–Trinajstić information content (AvgIpc) is 2.80. The molecule has 3 aromatic carbocycles. The smallest absolute Gasteiger partial charge is 0.343 e. The number of anilines is 1. The molecule has 0 aliphatic rings. The molecule has 1 amide bonds. The van der Waals surface area contributed by atoms with Crippen molar-refractivity contribution in [3.63, 3.8) is 0 Å². The average molecular weight is 559 g/mol. The molecule has 0 bridgehead atoms. The molecule has 0 aromatic heterocycles. The summed E-state index contributed by atoms with van der Waals surface area (Å²) in [6.45, 7) is 0. The Balaban J connectivity index is 1.78. The lowest BCUT2D eigenvalue weighted by molar-refractivity contribution is -0.112. The number of carbonyl (C=O) groups excluding carboxylic acids is 2. The Kier molecular flexibility index (Phi) is 7.87. The van der Waals surface area contributed by atoms with Crippen molar-refractivity contribution in [2.24, 2.45) is 0 Å². The first-order valence-electron chi connectivity index (χ1n) is 9.24. The van der Waals surface area contributed by atoms with Crippen LogP contribution in [-0.2, 0) is 4.79 Å². The predicted octanol–water partition coefficient (Wildman–Crippen LogP) is 5.72. The van der Waals surface area contributed by atoms with Crippen molar-refractivity contribution in [1.29, 1.82) is 5.26 Å². The molecule has 0 unspecified atom stereocenters. The summed E-state index contributed by atoms with van der Waals surface area (Å²) < 4.78 is 11.8. The molecule has 160 valence electrons. The van der Waals surface area contributed by atoms with E-state index in [4.69, 9.17) is 21.1 Å². The van der Waals surface area contributed by atoms with Gasteiger partial charge in [-0.2, -0.15) is 5.26 Å². The van der Waals surface area contributed by atoms with Gasteiger partial charge in [-0.3, -0.25) is 4.79 Å². The van der Waals surface area contributed by atoms with Gasteiger partial charge >= 0.3 is 5.97 Å². The van der Waals surface area contributed by atoms with Crippen molar-refractivity contribution >= 4 is 57.8 Å². The molecule has 0 aliphatic heterocycles. The van der Waals surface area contributed by atoms with Gasteiger partial charge in [0.25, 0.3) is 5.91 Å². The minimum atomic E-state index is -0.571. The number of amides is 1. The highest BCUT2D eigenvalue weighted by Gasteiger charge is 2.14. The molecule has 0 aliphatic carbocycles. The highest BCUT2D eigenvalue weighted by atomic mass is 127. The van der Waals surface area contributed by atoms with Gasteiger partial charge in [-0.05, 0) is 94.9 Å². The van der Waals surface area contributed by atoms with Gasteiger partial charge in [0, 0.05) is 14.3 Å². The molecule has 0 radical (unpaired) electrons. The highest BCUT2D eigenvalue weighted by molar-refractivity contribution is 14.1. The number of esters is 1. The number of hydrogen-bond acceptors (Lipinski definition) is 5. The number of rotatable bonds is 6. The van der Waals surface area contributed by atoms with E-state index in [9.17, 15) is 14.9 Å². The molecule has 0 saturated heterocycles. The topological polar surface area (TPSA) is 88.4 Å². The summed E-state index contributed by atoms with van der Waals surface area (Å²) in [5.41, 5.74) is 1.36. The monoisotopic (exact) mass is 558 g/mol. The van der Waals surface area contributed by atoms with Crippen LogP contribution in [0.2, 0.25) is 5.02 Å². The molecule has 0 atom stereocenters. The van der Waals surface area contributed by atoms with E-state index in [2.05, 4.69) is 27.9 Å². The van der Waals surface area contributed by atoms with Gasteiger partial charge in [-0.25, -0.2) is 4.79 Å². The number of hydrogen-bond donors (Lipinski definition) is 1. The number of methoxy groups -OCH3 is 1. The molecule has 6 nitrogen and oxygen atoms in total. The normalized spacial score (nSPS) is 10.8. The first-order chi connectivity index (χ1) is 15.4. The molecular formula is C24H16ClIN2O4. The van der Waals surface area contributed by atoms with Gasteiger partial charge < -0.3 is 14.8 Å². The zero-order chi connectivity index (χ0) is 23.1. The Labute approximate surface area is 203 Å². The van der Waals surface area contributed by atoms with Gasteiger partial charge in [0.2, 0.25) is 0 Å². The van der Waals surface area contributed by atoms with Crippen molar-refractivity contribution in [3.8, 4) is 17.6 Å². The Hall–Kier alpha value is -3.35. The molecule has 3 rings (SSSR count). The van der Waals surface area contributed by atoms with Crippen LogP contribution in [0.25, 0.3) is 6.08 Å². The lowest BCUT2D eigenvalue weighted by Crippen LogP contribution is -2.13. The van der Waals surface area contributed by atoms with Crippen LogP contribution in [0.1, 0.15) is 15.9 Å². The maximum Gasteiger partial charge on any atom is 0.343 e. The zero-order valence-corrected chi connectivity index (χ0v) is 19.7. The second-order valence-corrected chi connectivity index (χ2v) is 8.12. The summed E-state index contributed by atoms with van der Waals surface area (Å²) in [6.07, 6.45) is 1.43. The second-order valence-electron chi connectivity index (χ2n) is 6.44. The summed E-state index contributed by atoms with van der Waals surface area (Å²) in [7, 11) is 1.43. The van der Waals surface area contributed by atoms with Crippen molar-refractivity contribution in [2.45, 2.75) is 0 Å². The Morgan fingerprint density at radius 3 is 2.34 bits per heavy atom. The zero-order valence-electron chi connectivity index (χ0n) is 16.8. The second kappa shape index (κ2) is 10.8. The van der Waals surface area contributed by atoms with Gasteiger partial charge in [0.05, 0.1) is 12.7 Å². The SMILES string of the molecule is COc1cc(/C=C(\C#N)C(=O)Nc2ccc(I)cc2)ccc1OC(=O)c1ccc(Cl)cc1. The van der Waals surface area contributed by atoms with Crippen LogP contribution in [0, 0.1) is 14.9 Å². The van der Waals surface area contributed by atoms with Crippen LogP contribution in [0.4, 0.5) is 5.69 Å². The molecular weight excluding hydrogens is 543 g/mol. The third kappa shape index (κ3) is 6.09. The van der Waals surface area contributed by atoms with Gasteiger partial charge in [0.15, 0.2) is 11.5 Å². The summed E-state index contributed by atoms with van der Waals surface area (Å²) in [5.74, 6) is -0.633. The Bertz CT molecular complexity index is 1220. The van der Waals surface area contributed by atoms with E-state index in [1.807, 2.05) is 18.2 Å². The fourth-order valence-electron chi connectivity index (χ4n) is 2.65. The summed E-state index contributed by atoms with van der Waals surface area (Å²) in [5, 5.41) is 12.6. The van der Waals surface area contributed by atoms with Crippen molar-refractivity contribution in [2.75, 3.05) is 12.4 Å². The van der Waals surface area contributed by atoms with E-state index in [1.165, 1.54) is 19.3 Å². The lowest BCUT2D eigenvalue weighted by Gasteiger charge is -2.10. The van der Waals surface area contributed by atoms with Gasteiger partial charge in [-0.15, -0.1) is 0 Å². The highest BCUT2D eigenvalue weighted by Crippen LogP contribution is 2.30. The molecule has 3 aromatic rings. The van der Waals surface area contributed by atoms with Crippen molar-refractivity contribution in [1.82, 2.24) is 0 Å². The molecule has 0 heterocycles. The van der Waals surface area contributed by atoms with Crippen molar-refractivity contribution < 1.29 is 19.1 Å². The first-order valence-corrected chi connectivity index (χ1v) is 10.7. The maximum absolute atomic E-state index is 12.5. The minimum Gasteiger partial charge on any atom is -0.493 e. The maximum atomic E-state index is 12.5. The minimum absolute atomic E-state index is 0.0866. The number of carbonyl (C=O) groups is 2. The quantitative estimate of drug-likeness (QED) is 0.137. The largest absolute Gasteiger partial charge is 0.493 e. The molecule has 32 heavy (non-hydrogen) atoms. The number of nitrogens with one attached hydrogen (secondary N) is 1. The van der Waals surface area contributed by atoms with Gasteiger partial charge in [-0.1, -0.05) is 17.7 Å². The van der Waals surface area contributed by atoms with E-state index in [0.717, 1.165) is 3.57 Å². The fourth-order valence-corrected chi connectivity index (χ4v) is 3.14. The number of benzene rings is 3. The third-order valence-corrected chi connectivity index (χ3v) is 5.22. The molecule has 0 spiro atoms. The third-order valence-electron chi connectivity index (χ3n) is 4.25. The fraction of sp³-hybridized carbons (Fsp3) is 0.0417. The van der Waals surface area contributed by atoms with Crippen LogP contribution in [0.15, 0.2) is 72.3 Å². The van der Waals surface area contributed by atoms with E-state index >= 15 is 0 Å². The first kappa shape index (κ1) is 23.3. The number of nitrogens with zero attached hydrogens (tertiary/aromatic N) is 1. The van der Waals surface area contributed by atoms with E-state index in [1.54, 1.807) is 48.5 Å². The van der Waals surface area contributed by atoms with E-state index in [-0.39, 0.29) is 17.1 Å². The van der Waals surface area contributed by atoms with Gasteiger partial charge in [0.1, 0.15) is 11.6 Å². The Morgan fingerprint density at radius 1 is 1.03 bits per heavy atom. The van der Waals surface area contributed by atoms with E-state index < -0.39 is 11.9 Å². The molecule has 0 saturated carbocycles. The lowest BCUT2D eigenvalue weighted by atomic mass is 10.1. The Morgan fingerprint density at radius 2 is 1.72 bits per heavy atom. The molecule has 0 fully saturated rings. The summed E-state index contributed by atoms with van der Waals surface area (Å²) >= 11 is 8.00. The van der Waals surface area contributed by atoms with E-state index in [0.29, 0.717) is 21.8 Å². The molecule has 8 heteroatoms. The number of nitriles is 1.